The number of nitrogens with zero attached hydrogens (tertiary/aromatic N) is 1. The van der Waals surface area contributed by atoms with Crippen molar-refractivity contribution in [2.45, 2.75) is 100 Å². The second-order valence-electron chi connectivity index (χ2n) is 15.1. The Hall–Kier alpha value is -3.57. The maximum atomic E-state index is 12.2. The monoisotopic (exact) mass is 879 g/mol. The van der Waals surface area contributed by atoms with E-state index in [4.69, 9.17) is 9.40 Å². The van der Waals surface area contributed by atoms with Gasteiger partial charge in [0.1, 0.15) is 17.1 Å². The first kappa shape index (κ1) is 40.2. The summed E-state index contributed by atoms with van der Waals surface area (Å²) in [5.74, 6) is 1.21. The molecule has 1 radical (unpaired) electrons. The Morgan fingerprint density at radius 1 is 0.882 bits per heavy atom. The molecule has 0 fully saturated rings. The molecule has 0 aliphatic heterocycles. The van der Waals surface area contributed by atoms with E-state index >= 15 is 0 Å². The molecule has 3 aromatic heterocycles. The quantitative estimate of drug-likeness (QED) is 0.0893. The van der Waals surface area contributed by atoms with Crippen LogP contribution in [0.1, 0.15) is 99.1 Å². The fourth-order valence-electron chi connectivity index (χ4n) is 6.39. The number of carbonyl (C=O) groups is 1. The number of aliphatic hydroxyl groups is 1. The van der Waals surface area contributed by atoms with Gasteiger partial charge in [0.05, 0.1) is 4.88 Å². The molecule has 0 bridgehead atoms. The fourth-order valence-corrected chi connectivity index (χ4v) is 7.49. The number of pyridine rings is 1. The maximum absolute atomic E-state index is 12.2. The van der Waals surface area contributed by atoms with Crippen LogP contribution in [0.2, 0.25) is 0 Å². The first-order valence-electron chi connectivity index (χ1n) is 18.0. The smallest absolute Gasteiger partial charge is 0.164 e. The molecule has 1 N–H and O–H groups in total. The van der Waals surface area contributed by atoms with Crippen molar-refractivity contribution in [1.82, 2.24) is 4.98 Å². The van der Waals surface area contributed by atoms with Crippen molar-refractivity contribution in [3.05, 3.63) is 102 Å². The van der Waals surface area contributed by atoms with Crippen LogP contribution in [0, 0.1) is 23.8 Å². The van der Waals surface area contributed by atoms with Gasteiger partial charge in [-0.1, -0.05) is 110 Å². The molecule has 6 aromatic rings. The number of allylic oxidation sites excluding steroid dienone is 2. The molecule has 3 aromatic carbocycles. The Balaban J connectivity index is 0.000000279. The minimum atomic E-state index is -0.337. The van der Waals surface area contributed by atoms with Crippen LogP contribution >= 0.6 is 11.3 Å². The summed E-state index contributed by atoms with van der Waals surface area (Å²) in [5.41, 5.74) is 4.63. The van der Waals surface area contributed by atoms with Crippen LogP contribution in [0.25, 0.3) is 53.7 Å². The van der Waals surface area contributed by atoms with Crippen LogP contribution in [0.4, 0.5) is 0 Å². The van der Waals surface area contributed by atoms with Crippen LogP contribution in [0.3, 0.4) is 0 Å². The van der Waals surface area contributed by atoms with E-state index in [0.29, 0.717) is 0 Å². The Kier molecular flexibility index (Phi) is 12.6. The minimum Gasteiger partial charge on any atom is -0.512 e. The first-order valence-corrected chi connectivity index (χ1v) is 18.8. The number of benzene rings is 3. The van der Waals surface area contributed by atoms with Gasteiger partial charge in [-0.25, -0.2) is 0 Å². The number of rotatable bonds is 9. The van der Waals surface area contributed by atoms with E-state index in [1.807, 2.05) is 53.8 Å². The van der Waals surface area contributed by atoms with Crippen molar-refractivity contribution in [3.8, 4) is 21.9 Å². The van der Waals surface area contributed by atoms with Crippen LogP contribution in [-0.2, 0) is 30.3 Å². The van der Waals surface area contributed by atoms with Crippen molar-refractivity contribution in [1.29, 1.82) is 0 Å². The number of aliphatic hydroxyl groups excluding tert-OH is 1. The van der Waals surface area contributed by atoms with Gasteiger partial charge in [0.15, 0.2) is 5.78 Å². The number of aryl methyl sites for hydroxylation is 1. The maximum Gasteiger partial charge on any atom is 0.164 e. The van der Waals surface area contributed by atoms with Gasteiger partial charge in [0.2, 0.25) is 0 Å². The van der Waals surface area contributed by atoms with E-state index in [2.05, 4.69) is 94.4 Å². The molecular weight excluding hydrogens is 827 g/mol. The van der Waals surface area contributed by atoms with Gasteiger partial charge in [-0.2, -0.15) is 0 Å². The van der Waals surface area contributed by atoms with E-state index in [9.17, 15) is 9.90 Å². The fraction of sp³-hybridized carbons (Fsp3) is 0.378. The van der Waals surface area contributed by atoms with E-state index in [1.54, 1.807) is 11.3 Å². The average Bonchev–Trinajstić information content (AvgIpc) is 3.71. The zero-order chi connectivity index (χ0) is 36.4. The van der Waals surface area contributed by atoms with Crippen LogP contribution < -0.4 is 0 Å². The van der Waals surface area contributed by atoms with Gasteiger partial charge < -0.3 is 9.52 Å². The molecular formula is C45H52IrNO3S-. The number of fused-ring (bicyclic) bond motifs is 3. The Morgan fingerprint density at radius 2 is 1.51 bits per heavy atom. The summed E-state index contributed by atoms with van der Waals surface area (Å²) < 4.78 is 7.69. The van der Waals surface area contributed by atoms with Crippen molar-refractivity contribution in [2.75, 3.05) is 0 Å². The number of ketones is 1. The Morgan fingerprint density at radius 3 is 2.14 bits per heavy atom. The summed E-state index contributed by atoms with van der Waals surface area (Å²) in [5, 5.41) is 14.8. The van der Waals surface area contributed by atoms with Crippen molar-refractivity contribution in [2.24, 2.45) is 10.8 Å². The predicted molar refractivity (Wildman–Crippen MR) is 213 cm³/mol. The molecule has 0 saturated carbocycles. The summed E-state index contributed by atoms with van der Waals surface area (Å²) >= 11 is 1.77. The number of thiophene rings is 1. The molecule has 0 aliphatic rings. The van der Waals surface area contributed by atoms with E-state index in [-0.39, 0.29) is 47.9 Å². The molecule has 0 atom stereocenters. The summed E-state index contributed by atoms with van der Waals surface area (Å²) in [6.07, 6.45) is 6.60. The van der Waals surface area contributed by atoms with Crippen molar-refractivity contribution in [3.63, 3.8) is 0 Å². The average molecular weight is 879 g/mol. The van der Waals surface area contributed by atoms with Crippen molar-refractivity contribution >= 4 is 48.9 Å². The normalized spacial score (nSPS) is 12.5. The van der Waals surface area contributed by atoms with Crippen molar-refractivity contribution < 1.29 is 34.4 Å². The van der Waals surface area contributed by atoms with E-state index in [1.165, 1.54) is 27.1 Å². The zero-order valence-electron chi connectivity index (χ0n) is 31.8. The molecule has 4 nitrogen and oxygen atoms in total. The molecule has 0 spiro atoms. The molecule has 271 valence electrons. The van der Waals surface area contributed by atoms with E-state index < -0.39 is 0 Å². The number of hydrogen-bond donors (Lipinski definition) is 1. The third kappa shape index (κ3) is 8.09. The largest absolute Gasteiger partial charge is 0.512 e. The van der Waals surface area contributed by atoms with Gasteiger partial charge in [-0.05, 0) is 67.2 Å². The molecule has 0 amide bonds. The summed E-state index contributed by atoms with van der Waals surface area (Å²) in [6.45, 7) is 21.0. The summed E-state index contributed by atoms with van der Waals surface area (Å²) in [4.78, 5) is 18.2. The number of aromatic nitrogens is 1. The van der Waals surface area contributed by atoms with Gasteiger partial charge in [-0.3, -0.25) is 9.78 Å². The Bertz CT molecular complexity index is 2140. The van der Waals surface area contributed by atoms with E-state index in [0.717, 1.165) is 69.5 Å². The second-order valence-corrected chi connectivity index (χ2v) is 16.1. The third-order valence-corrected chi connectivity index (χ3v) is 12.0. The molecule has 6 heteroatoms. The SMILES string of the molecule is CCC(C)(CC)C(=O)/C=C(\O)C(C)(CC)CC.Cc1c(-c2cc3ccccc3s2)oc2ccnc(-c3[c-]c4ccccc4c(C(C)(C)C)c3)c12.[Ir]. The predicted octanol–water partition coefficient (Wildman–Crippen LogP) is 13.6. The number of furan rings is 1. The standard InChI is InChI=1S/C30H24NOS.C15H28O2.Ir/c1-18-27-24(32-29(18)26-17-20-10-6-8-12-25(20)33-26)13-14-31-28(27)21-15-19-9-5-7-11-22(19)23(16-21)30(2,3)4;1-7-14(5,8-2)12(16)11-13(17)15(6,9-3)10-4;/h5-14,16-17H,1-4H3;11,16H,7-10H2,1-6H3;/q-1;;/b;12-11-;. The van der Waals surface area contributed by atoms with Crippen LogP contribution in [0.5, 0.6) is 0 Å². The second kappa shape index (κ2) is 16.0. The van der Waals surface area contributed by atoms with Gasteiger partial charge in [-0.15, -0.1) is 40.5 Å². The third-order valence-electron chi connectivity index (χ3n) is 10.9. The molecule has 0 unspecified atom stereocenters. The first-order chi connectivity index (χ1) is 23.7. The molecule has 3 heterocycles. The minimum absolute atomic E-state index is 0. The topological polar surface area (TPSA) is 63.3 Å². The Labute approximate surface area is 321 Å². The number of carbonyl (C=O) groups excluding carboxylic acids is 1. The summed E-state index contributed by atoms with van der Waals surface area (Å²) in [6, 6.07) is 27.1. The molecule has 6 rings (SSSR count). The number of hydrogen-bond acceptors (Lipinski definition) is 5. The molecule has 0 saturated heterocycles. The van der Waals surface area contributed by atoms with Gasteiger partial charge in [0.25, 0.3) is 0 Å². The molecule has 51 heavy (non-hydrogen) atoms. The van der Waals surface area contributed by atoms with Crippen LogP contribution in [-0.4, -0.2) is 15.9 Å². The van der Waals surface area contributed by atoms with Gasteiger partial charge in [0, 0.05) is 59.0 Å². The molecule has 0 aliphatic carbocycles. The zero-order valence-corrected chi connectivity index (χ0v) is 35.0. The van der Waals surface area contributed by atoms with Crippen LogP contribution in [0.15, 0.2) is 89.2 Å². The summed E-state index contributed by atoms with van der Waals surface area (Å²) in [7, 11) is 0. The van der Waals surface area contributed by atoms with Gasteiger partial charge >= 0.3 is 0 Å².